The molecule has 0 bridgehead atoms. The van der Waals surface area contributed by atoms with Crippen LogP contribution in [-0.2, 0) is 20.0 Å². The molecule has 0 radical (unpaired) electrons. The summed E-state index contributed by atoms with van der Waals surface area (Å²) in [6.07, 6.45) is 4.51. The van der Waals surface area contributed by atoms with E-state index in [4.69, 9.17) is 23.2 Å². The van der Waals surface area contributed by atoms with Gasteiger partial charge in [-0.05, 0) is 25.0 Å². The molecule has 1 N–H and O–H groups in total. The number of anilines is 2. The van der Waals surface area contributed by atoms with Crippen molar-refractivity contribution in [2.75, 3.05) is 5.32 Å². The lowest BCUT2D eigenvalue weighted by Crippen LogP contribution is -2.14. The van der Waals surface area contributed by atoms with E-state index in [1.165, 1.54) is 0 Å². The lowest BCUT2D eigenvalue weighted by Gasteiger charge is -2.20. The Bertz CT molecular complexity index is 911. The summed E-state index contributed by atoms with van der Waals surface area (Å²) in [6.45, 7) is 2.89. The van der Waals surface area contributed by atoms with Gasteiger partial charge in [-0.2, -0.15) is 5.10 Å². The van der Waals surface area contributed by atoms with Crippen molar-refractivity contribution in [1.82, 2.24) is 24.3 Å². The van der Waals surface area contributed by atoms with Gasteiger partial charge in [0.2, 0.25) is 5.95 Å². The summed E-state index contributed by atoms with van der Waals surface area (Å²) in [5.74, 6) is 0.490. The van der Waals surface area contributed by atoms with Crippen molar-refractivity contribution in [3.8, 4) is 11.4 Å². The highest BCUT2D eigenvalue weighted by molar-refractivity contribution is 6.32. The van der Waals surface area contributed by atoms with Crippen LogP contribution in [-0.4, -0.2) is 24.3 Å². The Hall–Kier alpha value is -2.05. The number of rotatable bonds is 2. The van der Waals surface area contributed by atoms with E-state index in [0.29, 0.717) is 16.8 Å². The van der Waals surface area contributed by atoms with Crippen molar-refractivity contribution >= 4 is 34.8 Å². The minimum Gasteiger partial charge on any atom is -0.330 e. The Morgan fingerprint density at radius 1 is 1.30 bits per heavy atom. The fourth-order valence-electron chi connectivity index (χ4n) is 2.93. The molecule has 1 aliphatic heterocycles. The van der Waals surface area contributed by atoms with Crippen molar-refractivity contribution in [2.24, 2.45) is 7.05 Å². The summed E-state index contributed by atoms with van der Waals surface area (Å²) in [7, 11) is 1.81. The molecule has 6 nitrogen and oxygen atoms in total. The third-order valence-corrected chi connectivity index (χ3v) is 4.55. The number of hydrogen-bond donors (Lipinski definition) is 1. The molecule has 0 atom stereocenters. The maximum atomic E-state index is 6.30. The van der Waals surface area contributed by atoms with Crippen LogP contribution in [0.4, 0.5) is 11.6 Å². The first-order valence-electron chi connectivity index (χ1n) is 7.21. The molecule has 0 saturated carbocycles. The molecule has 0 aliphatic carbocycles. The minimum absolute atomic E-state index is 0.386. The fourth-order valence-corrected chi connectivity index (χ4v) is 3.48. The van der Waals surface area contributed by atoms with Crippen LogP contribution in [0.3, 0.4) is 0 Å². The normalized spacial score (nSPS) is 12.9. The van der Waals surface area contributed by atoms with Gasteiger partial charge in [-0.15, -0.1) is 0 Å². The third-order valence-electron chi connectivity index (χ3n) is 3.96. The van der Waals surface area contributed by atoms with Crippen LogP contribution in [0.5, 0.6) is 0 Å². The van der Waals surface area contributed by atoms with E-state index in [-0.39, 0.29) is 0 Å². The lowest BCUT2D eigenvalue weighted by atomic mass is 10.0. The molecule has 1 aliphatic rings. The number of halogens is 2. The SMILES string of the molecule is Cc1cc(Cl)n2c1-c1nc(Nc3cn(C)nc3Cl)ncc1CC2. The van der Waals surface area contributed by atoms with E-state index in [1.54, 1.807) is 10.9 Å². The number of aromatic nitrogens is 5. The first-order chi connectivity index (χ1) is 11.0. The molecule has 0 amide bonds. The predicted octanol–water partition coefficient (Wildman–Crippen LogP) is 3.59. The second-order valence-electron chi connectivity index (χ2n) is 5.60. The highest BCUT2D eigenvalue weighted by Crippen LogP contribution is 2.35. The molecule has 3 aromatic heterocycles. The Labute approximate surface area is 143 Å². The quantitative estimate of drug-likeness (QED) is 0.768. The van der Waals surface area contributed by atoms with Gasteiger partial charge in [0, 0.05) is 31.5 Å². The van der Waals surface area contributed by atoms with Gasteiger partial charge in [0.05, 0.1) is 17.1 Å². The molecule has 23 heavy (non-hydrogen) atoms. The zero-order chi connectivity index (χ0) is 16.1. The molecule has 0 aromatic carbocycles. The molecule has 3 aromatic rings. The molecular formula is C15H14Cl2N6. The van der Waals surface area contributed by atoms with Crippen LogP contribution in [0.2, 0.25) is 10.3 Å². The zero-order valence-electron chi connectivity index (χ0n) is 12.6. The van der Waals surface area contributed by atoms with Gasteiger partial charge in [0.25, 0.3) is 0 Å². The smallest absolute Gasteiger partial charge is 0.227 e. The van der Waals surface area contributed by atoms with Gasteiger partial charge in [0.1, 0.15) is 5.15 Å². The predicted molar refractivity (Wildman–Crippen MR) is 90.4 cm³/mol. The van der Waals surface area contributed by atoms with Gasteiger partial charge in [-0.1, -0.05) is 23.2 Å². The molecule has 0 fully saturated rings. The van der Waals surface area contributed by atoms with Gasteiger partial charge < -0.3 is 9.88 Å². The topological polar surface area (TPSA) is 60.6 Å². The zero-order valence-corrected chi connectivity index (χ0v) is 14.2. The Balaban J connectivity index is 1.77. The van der Waals surface area contributed by atoms with Crippen LogP contribution >= 0.6 is 23.2 Å². The van der Waals surface area contributed by atoms with E-state index >= 15 is 0 Å². The van der Waals surface area contributed by atoms with Crippen molar-refractivity contribution in [3.05, 3.63) is 39.9 Å². The maximum absolute atomic E-state index is 6.30. The first-order valence-corrected chi connectivity index (χ1v) is 7.96. The van der Waals surface area contributed by atoms with Gasteiger partial charge in [0.15, 0.2) is 5.15 Å². The molecule has 0 saturated heterocycles. The van der Waals surface area contributed by atoms with Crippen molar-refractivity contribution in [2.45, 2.75) is 19.9 Å². The maximum Gasteiger partial charge on any atom is 0.227 e. The van der Waals surface area contributed by atoms with Crippen LogP contribution < -0.4 is 5.32 Å². The standard InChI is InChI=1S/C15H14Cl2N6/c1-8-5-11(16)23-4-3-9-6-18-15(20-12(9)13(8)23)19-10-7-22(2)21-14(10)17/h5-7H,3-4H2,1-2H3,(H,18,19,20). The van der Waals surface area contributed by atoms with E-state index in [1.807, 2.05) is 26.2 Å². The highest BCUT2D eigenvalue weighted by Gasteiger charge is 2.23. The minimum atomic E-state index is 0.386. The van der Waals surface area contributed by atoms with Crippen molar-refractivity contribution in [3.63, 3.8) is 0 Å². The van der Waals surface area contributed by atoms with Gasteiger partial charge in [-0.3, -0.25) is 4.68 Å². The second kappa shape index (κ2) is 5.25. The molecule has 0 unspecified atom stereocenters. The van der Waals surface area contributed by atoms with Crippen molar-refractivity contribution < 1.29 is 0 Å². The second-order valence-corrected chi connectivity index (χ2v) is 6.35. The number of hydrogen-bond acceptors (Lipinski definition) is 4. The lowest BCUT2D eigenvalue weighted by molar-refractivity contribution is 0.681. The largest absolute Gasteiger partial charge is 0.330 e. The summed E-state index contributed by atoms with van der Waals surface area (Å²) < 4.78 is 3.73. The summed E-state index contributed by atoms with van der Waals surface area (Å²) in [5.41, 5.74) is 4.88. The van der Waals surface area contributed by atoms with Crippen LogP contribution in [0.1, 0.15) is 11.1 Å². The number of nitrogens with one attached hydrogen (secondary N) is 1. The molecule has 118 valence electrons. The van der Waals surface area contributed by atoms with Gasteiger partial charge >= 0.3 is 0 Å². The van der Waals surface area contributed by atoms with Gasteiger partial charge in [-0.25, -0.2) is 9.97 Å². The number of aryl methyl sites for hydroxylation is 3. The van der Waals surface area contributed by atoms with E-state index in [2.05, 4.69) is 25.0 Å². The molecule has 4 rings (SSSR count). The average molecular weight is 349 g/mol. The molecule has 8 heteroatoms. The van der Waals surface area contributed by atoms with E-state index < -0.39 is 0 Å². The van der Waals surface area contributed by atoms with Crippen LogP contribution in [0.25, 0.3) is 11.4 Å². The first kappa shape index (κ1) is 14.5. The van der Waals surface area contributed by atoms with E-state index in [0.717, 1.165) is 40.6 Å². The Morgan fingerprint density at radius 3 is 2.87 bits per heavy atom. The summed E-state index contributed by atoms with van der Waals surface area (Å²) in [4.78, 5) is 9.06. The Kier molecular flexibility index (Phi) is 3.32. The number of nitrogens with zero attached hydrogens (tertiary/aromatic N) is 5. The molecule has 4 heterocycles. The molecular weight excluding hydrogens is 335 g/mol. The highest BCUT2D eigenvalue weighted by atomic mass is 35.5. The summed E-state index contributed by atoms with van der Waals surface area (Å²) in [6, 6.07) is 1.97. The van der Waals surface area contributed by atoms with E-state index in [9.17, 15) is 0 Å². The number of fused-ring (bicyclic) bond motifs is 3. The summed E-state index contributed by atoms with van der Waals surface area (Å²) in [5, 5.41) is 8.34. The monoisotopic (exact) mass is 348 g/mol. The van der Waals surface area contributed by atoms with Crippen LogP contribution in [0, 0.1) is 6.92 Å². The third kappa shape index (κ3) is 2.38. The average Bonchev–Trinajstić information content (AvgIpc) is 2.98. The van der Waals surface area contributed by atoms with Crippen molar-refractivity contribution in [1.29, 1.82) is 0 Å². The van der Waals surface area contributed by atoms with Crippen LogP contribution in [0.15, 0.2) is 18.5 Å². The Morgan fingerprint density at radius 2 is 2.13 bits per heavy atom. The molecule has 0 spiro atoms. The fraction of sp³-hybridized carbons (Fsp3) is 0.267. The summed E-state index contributed by atoms with van der Waals surface area (Å²) >= 11 is 12.4.